The molecule has 2 aromatic heterocycles. The Balaban J connectivity index is 0.000000872. The maximum absolute atomic E-state index is 4.55. The van der Waals surface area contributed by atoms with Crippen molar-refractivity contribution in [3.05, 3.63) is 77.9 Å². The molecule has 0 aliphatic carbocycles. The quantitative estimate of drug-likeness (QED) is 0.329. The van der Waals surface area contributed by atoms with Gasteiger partial charge in [-0.2, -0.15) is 0 Å². The predicted octanol–water partition coefficient (Wildman–Crippen LogP) is 6.35. The first-order chi connectivity index (χ1) is 13.2. The standard InChI is InChI=1S/C22H17N3.C2H6/c1-14-7-10-16(11-8-14)21-23-24-22-19-13-15(2)9-12-17(19)18-5-3-4-6-20(18)25(21)22;1-2/h3-13H,1-2H3;1-2H3. The average molecular weight is 353 g/mol. The lowest BCUT2D eigenvalue weighted by Gasteiger charge is -2.10. The SMILES string of the molecule is CC.Cc1ccc(-c2nnc3c4cc(C)ccc4c4ccccc4n23)cc1. The topological polar surface area (TPSA) is 30.2 Å². The van der Waals surface area contributed by atoms with Gasteiger partial charge in [0.25, 0.3) is 0 Å². The lowest BCUT2D eigenvalue weighted by Crippen LogP contribution is -1.94. The molecular weight excluding hydrogens is 330 g/mol. The molecule has 0 unspecified atom stereocenters. The molecule has 0 aliphatic heterocycles. The first kappa shape index (κ1) is 17.2. The Labute approximate surface area is 159 Å². The van der Waals surface area contributed by atoms with Gasteiger partial charge in [0.2, 0.25) is 0 Å². The van der Waals surface area contributed by atoms with Crippen molar-refractivity contribution in [2.75, 3.05) is 0 Å². The van der Waals surface area contributed by atoms with Crippen molar-refractivity contribution in [2.45, 2.75) is 27.7 Å². The van der Waals surface area contributed by atoms with Crippen molar-refractivity contribution in [2.24, 2.45) is 0 Å². The molecule has 0 saturated carbocycles. The molecular formula is C24H23N3. The highest BCUT2D eigenvalue weighted by Crippen LogP contribution is 2.32. The number of fused-ring (bicyclic) bond motifs is 6. The Morgan fingerprint density at radius 2 is 1.37 bits per heavy atom. The maximum Gasteiger partial charge on any atom is 0.169 e. The van der Waals surface area contributed by atoms with Gasteiger partial charge < -0.3 is 0 Å². The number of hydrogen-bond donors (Lipinski definition) is 0. The van der Waals surface area contributed by atoms with Crippen LogP contribution in [-0.4, -0.2) is 14.6 Å². The lowest BCUT2D eigenvalue weighted by molar-refractivity contribution is 1.12. The molecule has 3 nitrogen and oxygen atoms in total. The van der Waals surface area contributed by atoms with Crippen molar-refractivity contribution in [3.8, 4) is 11.4 Å². The number of aryl methyl sites for hydroxylation is 2. The van der Waals surface area contributed by atoms with Crippen LogP contribution < -0.4 is 0 Å². The maximum atomic E-state index is 4.55. The van der Waals surface area contributed by atoms with E-state index in [0.29, 0.717) is 0 Å². The minimum atomic E-state index is 0.884. The number of hydrogen-bond acceptors (Lipinski definition) is 2. The summed E-state index contributed by atoms with van der Waals surface area (Å²) in [5.74, 6) is 0.884. The summed E-state index contributed by atoms with van der Waals surface area (Å²) >= 11 is 0. The van der Waals surface area contributed by atoms with Crippen molar-refractivity contribution in [1.29, 1.82) is 0 Å². The fourth-order valence-electron chi connectivity index (χ4n) is 3.55. The van der Waals surface area contributed by atoms with Gasteiger partial charge in [-0.25, -0.2) is 0 Å². The number of pyridine rings is 1. The Morgan fingerprint density at radius 1 is 0.667 bits per heavy atom. The summed E-state index contributed by atoms with van der Waals surface area (Å²) in [4.78, 5) is 0. The molecule has 3 aromatic carbocycles. The molecule has 0 bridgehead atoms. The van der Waals surface area contributed by atoms with Crippen LogP contribution in [0.1, 0.15) is 25.0 Å². The van der Waals surface area contributed by atoms with E-state index in [2.05, 4.69) is 95.2 Å². The molecule has 0 atom stereocenters. The summed E-state index contributed by atoms with van der Waals surface area (Å²) in [5, 5.41) is 12.7. The fraction of sp³-hybridized carbons (Fsp3) is 0.167. The van der Waals surface area contributed by atoms with E-state index in [1.165, 1.54) is 21.9 Å². The van der Waals surface area contributed by atoms with Gasteiger partial charge in [0.1, 0.15) is 0 Å². The zero-order chi connectivity index (χ0) is 19.0. The van der Waals surface area contributed by atoms with Gasteiger partial charge >= 0.3 is 0 Å². The normalized spacial score (nSPS) is 11.0. The Morgan fingerprint density at radius 3 is 2.15 bits per heavy atom. The zero-order valence-corrected chi connectivity index (χ0v) is 16.2. The highest BCUT2D eigenvalue weighted by molar-refractivity contribution is 6.12. The summed E-state index contributed by atoms with van der Waals surface area (Å²) < 4.78 is 2.18. The third-order valence-electron chi connectivity index (χ3n) is 4.82. The van der Waals surface area contributed by atoms with Crippen LogP contribution in [0.5, 0.6) is 0 Å². The van der Waals surface area contributed by atoms with E-state index < -0.39 is 0 Å². The summed E-state index contributed by atoms with van der Waals surface area (Å²) in [6.07, 6.45) is 0. The summed E-state index contributed by atoms with van der Waals surface area (Å²) in [7, 11) is 0. The largest absolute Gasteiger partial charge is 0.274 e. The van der Waals surface area contributed by atoms with E-state index in [4.69, 9.17) is 0 Å². The predicted molar refractivity (Wildman–Crippen MR) is 114 cm³/mol. The third kappa shape index (κ3) is 2.76. The first-order valence-corrected chi connectivity index (χ1v) is 9.45. The van der Waals surface area contributed by atoms with E-state index in [1.54, 1.807) is 0 Å². The fourth-order valence-corrected chi connectivity index (χ4v) is 3.55. The monoisotopic (exact) mass is 353 g/mol. The molecule has 0 amide bonds. The van der Waals surface area contributed by atoms with Crippen LogP contribution >= 0.6 is 0 Å². The lowest BCUT2D eigenvalue weighted by atomic mass is 10.0. The molecule has 0 spiro atoms. The number of para-hydroxylation sites is 1. The highest BCUT2D eigenvalue weighted by Gasteiger charge is 2.15. The van der Waals surface area contributed by atoms with Crippen LogP contribution in [0.3, 0.4) is 0 Å². The summed E-state index contributed by atoms with van der Waals surface area (Å²) in [5.41, 5.74) is 5.59. The van der Waals surface area contributed by atoms with Crippen LogP contribution in [0, 0.1) is 13.8 Å². The van der Waals surface area contributed by atoms with E-state index in [9.17, 15) is 0 Å². The summed E-state index contributed by atoms with van der Waals surface area (Å²) in [6, 6.07) is 23.5. The minimum absolute atomic E-state index is 0.884. The number of aromatic nitrogens is 3. The molecule has 134 valence electrons. The number of benzene rings is 3. The summed E-state index contributed by atoms with van der Waals surface area (Å²) in [6.45, 7) is 8.21. The second-order valence-corrected chi connectivity index (χ2v) is 6.61. The average Bonchev–Trinajstić information content (AvgIpc) is 3.16. The molecule has 5 rings (SSSR count). The van der Waals surface area contributed by atoms with Crippen molar-refractivity contribution >= 4 is 27.3 Å². The molecule has 3 heteroatoms. The third-order valence-corrected chi connectivity index (χ3v) is 4.82. The number of nitrogens with zero attached hydrogens (tertiary/aromatic N) is 3. The van der Waals surface area contributed by atoms with E-state index >= 15 is 0 Å². The minimum Gasteiger partial charge on any atom is -0.274 e. The van der Waals surface area contributed by atoms with Crippen molar-refractivity contribution in [1.82, 2.24) is 14.6 Å². The second kappa shape index (κ2) is 6.84. The van der Waals surface area contributed by atoms with E-state index in [1.807, 2.05) is 13.8 Å². The second-order valence-electron chi connectivity index (χ2n) is 6.61. The van der Waals surface area contributed by atoms with Crippen LogP contribution in [0.15, 0.2) is 66.7 Å². The molecule has 2 heterocycles. The molecule has 0 radical (unpaired) electrons. The van der Waals surface area contributed by atoms with Crippen LogP contribution in [0.2, 0.25) is 0 Å². The molecule has 5 aromatic rings. The van der Waals surface area contributed by atoms with Crippen molar-refractivity contribution < 1.29 is 0 Å². The number of rotatable bonds is 1. The molecule has 0 aliphatic rings. The van der Waals surface area contributed by atoms with E-state index in [0.717, 1.165) is 27.9 Å². The Kier molecular flexibility index (Phi) is 4.36. The van der Waals surface area contributed by atoms with Gasteiger partial charge in [-0.1, -0.05) is 79.6 Å². The van der Waals surface area contributed by atoms with E-state index in [-0.39, 0.29) is 0 Å². The first-order valence-electron chi connectivity index (χ1n) is 9.45. The van der Waals surface area contributed by atoms with Gasteiger partial charge in [0.15, 0.2) is 11.5 Å². The molecule has 27 heavy (non-hydrogen) atoms. The van der Waals surface area contributed by atoms with Crippen LogP contribution in [0.25, 0.3) is 38.7 Å². The van der Waals surface area contributed by atoms with Gasteiger partial charge in [-0.3, -0.25) is 4.40 Å². The smallest absolute Gasteiger partial charge is 0.169 e. The van der Waals surface area contributed by atoms with Gasteiger partial charge in [-0.05, 0) is 31.4 Å². The van der Waals surface area contributed by atoms with Crippen LogP contribution in [-0.2, 0) is 0 Å². The highest BCUT2D eigenvalue weighted by atomic mass is 15.2. The Bertz CT molecular complexity index is 1250. The van der Waals surface area contributed by atoms with Gasteiger partial charge in [0.05, 0.1) is 5.52 Å². The van der Waals surface area contributed by atoms with Crippen molar-refractivity contribution in [3.63, 3.8) is 0 Å². The Hall–Kier alpha value is -3.20. The van der Waals surface area contributed by atoms with Gasteiger partial charge in [-0.15, -0.1) is 10.2 Å². The zero-order valence-electron chi connectivity index (χ0n) is 16.2. The molecule has 0 saturated heterocycles. The van der Waals surface area contributed by atoms with Crippen LogP contribution in [0.4, 0.5) is 0 Å². The van der Waals surface area contributed by atoms with Gasteiger partial charge in [0, 0.05) is 16.3 Å². The molecule has 0 fully saturated rings. The molecule has 0 N–H and O–H groups in total.